The van der Waals surface area contributed by atoms with Crippen LogP contribution in [-0.4, -0.2) is 18.5 Å². The van der Waals surface area contributed by atoms with E-state index < -0.39 is 5.82 Å². The monoisotopic (exact) mass is 276 g/mol. The van der Waals surface area contributed by atoms with Crippen molar-refractivity contribution < 1.29 is 9.13 Å². The molecule has 0 unspecified atom stereocenters. The van der Waals surface area contributed by atoms with E-state index in [-0.39, 0.29) is 10.7 Å². The fraction of sp³-hybridized carbons (Fsp3) is 0.455. The van der Waals surface area contributed by atoms with Gasteiger partial charge < -0.3 is 16.2 Å². The number of hydrogen-bond donors (Lipinski definition) is 2. The molecule has 2 rings (SSSR count). The van der Waals surface area contributed by atoms with E-state index in [1.54, 1.807) is 0 Å². The van der Waals surface area contributed by atoms with Crippen molar-refractivity contribution in [3.05, 3.63) is 16.9 Å². The van der Waals surface area contributed by atoms with E-state index in [0.29, 0.717) is 29.0 Å². The molecule has 1 aliphatic rings. The minimum Gasteiger partial charge on any atom is -0.398 e. The van der Waals surface area contributed by atoms with Crippen LogP contribution in [0.3, 0.4) is 0 Å². The van der Waals surface area contributed by atoms with E-state index in [2.05, 4.69) is 0 Å². The first-order valence-electron chi connectivity index (χ1n) is 5.37. The molecule has 6 heteroatoms. The third-order valence-electron chi connectivity index (χ3n) is 2.67. The van der Waals surface area contributed by atoms with E-state index in [4.69, 9.17) is 27.8 Å². The first-order chi connectivity index (χ1) is 8.09. The summed E-state index contributed by atoms with van der Waals surface area (Å²) in [4.78, 5) is 0.399. The number of hydrogen-bond acceptors (Lipinski definition) is 4. The van der Waals surface area contributed by atoms with Crippen LogP contribution in [0.15, 0.2) is 11.0 Å². The van der Waals surface area contributed by atoms with Crippen LogP contribution in [-0.2, 0) is 4.74 Å². The maximum absolute atomic E-state index is 13.9. The smallest absolute Gasteiger partial charge is 0.159 e. The van der Waals surface area contributed by atoms with Crippen molar-refractivity contribution in [1.29, 1.82) is 0 Å². The summed E-state index contributed by atoms with van der Waals surface area (Å²) in [6.45, 7) is 1.42. The SMILES string of the molecule is Nc1cc(N)c(SC2CCOCC2)c(F)c1Cl. The van der Waals surface area contributed by atoms with Gasteiger partial charge in [0.05, 0.1) is 16.3 Å². The summed E-state index contributed by atoms with van der Waals surface area (Å²) in [5.41, 5.74) is 11.8. The molecule has 1 aliphatic heterocycles. The lowest BCUT2D eigenvalue weighted by molar-refractivity contribution is 0.1000. The normalized spacial score (nSPS) is 17.3. The number of halogens is 2. The van der Waals surface area contributed by atoms with Crippen LogP contribution in [0.4, 0.5) is 15.8 Å². The molecule has 0 spiro atoms. The highest BCUT2D eigenvalue weighted by Gasteiger charge is 2.21. The van der Waals surface area contributed by atoms with Crippen LogP contribution in [0.2, 0.25) is 5.02 Å². The summed E-state index contributed by atoms with van der Waals surface area (Å²) in [6, 6.07) is 1.51. The summed E-state index contributed by atoms with van der Waals surface area (Å²) >= 11 is 7.20. The third kappa shape index (κ3) is 2.78. The molecule has 4 N–H and O–H groups in total. The van der Waals surface area contributed by atoms with Crippen LogP contribution < -0.4 is 11.5 Å². The van der Waals surface area contributed by atoms with E-state index in [0.717, 1.165) is 12.8 Å². The summed E-state index contributed by atoms with van der Waals surface area (Å²) < 4.78 is 19.2. The Morgan fingerprint density at radius 2 is 1.94 bits per heavy atom. The molecular weight excluding hydrogens is 263 g/mol. The summed E-state index contributed by atoms with van der Waals surface area (Å²) in [5, 5.41) is 0.272. The standard InChI is InChI=1S/C11H14ClFN2OS/c12-9-7(14)5-8(15)11(10(9)13)17-6-1-3-16-4-2-6/h5-6H,1-4,14-15H2. The molecule has 17 heavy (non-hydrogen) atoms. The number of nitrogens with two attached hydrogens (primary N) is 2. The zero-order chi connectivity index (χ0) is 12.4. The first-order valence-corrected chi connectivity index (χ1v) is 6.62. The zero-order valence-corrected chi connectivity index (χ0v) is 10.8. The van der Waals surface area contributed by atoms with Crippen LogP contribution in [0.25, 0.3) is 0 Å². The molecule has 0 aromatic heterocycles. The van der Waals surface area contributed by atoms with Gasteiger partial charge in [0.1, 0.15) is 5.02 Å². The number of nitrogen functional groups attached to an aromatic ring is 2. The number of ether oxygens (including phenoxy) is 1. The Morgan fingerprint density at radius 1 is 1.29 bits per heavy atom. The average molecular weight is 277 g/mol. The molecule has 0 amide bonds. The molecule has 1 heterocycles. The van der Waals surface area contributed by atoms with Gasteiger partial charge in [-0.2, -0.15) is 0 Å². The van der Waals surface area contributed by atoms with Crippen LogP contribution in [0.1, 0.15) is 12.8 Å². The Bertz CT molecular complexity index is 424. The Balaban J connectivity index is 2.22. The summed E-state index contributed by atoms with van der Waals surface area (Å²) in [6.07, 6.45) is 1.79. The van der Waals surface area contributed by atoms with Gasteiger partial charge in [-0.15, -0.1) is 11.8 Å². The molecule has 0 radical (unpaired) electrons. The highest BCUT2D eigenvalue weighted by atomic mass is 35.5. The Hall–Kier alpha value is -0.650. The largest absolute Gasteiger partial charge is 0.398 e. The first kappa shape index (κ1) is 12.8. The summed E-state index contributed by atoms with van der Waals surface area (Å²) in [5.74, 6) is -0.513. The van der Waals surface area contributed by atoms with Crippen molar-refractivity contribution in [2.24, 2.45) is 0 Å². The van der Waals surface area contributed by atoms with Crippen molar-refractivity contribution in [3.8, 4) is 0 Å². The quantitative estimate of drug-likeness (QED) is 0.816. The lowest BCUT2D eigenvalue weighted by Gasteiger charge is -2.22. The lowest BCUT2D eigenvalue weighted by atomic mass is 10.2. The molecular formula is C11H14ClFN2OS. The number of rotatable bonds is 2. The molecule has 0 saturated carbocycles. The summed E-state index contributed by atoms with van der Waals surface area (Å²) in [7, 11) is 0. The van der Waals surface area contributed by atoms with Gasteiger partial charge in [-0.25, -0.2) is 4.39 Å². The van der Waals surface area contributed by atoms with Gasteiger partial charge in [-0.1, -0.05) is 11.6 Å². The number of benzene rings is 1. The molecule has 3 nitrogen and oxygen atoms in total. The molecule has 1 saturated heterocycles. The van der Waals surface area contributed by atoms with Gasteiger partial charge in [0.2, 0.25) is 0 Å². The van der Waals surface area contributed by atoms with Gasteiger partial charge in [0.15, 0.2) is 5.82 Å². The van der Waals surface area contributed by atoms with Crippen molar-refractivity contribution in [3.63, 3.8) is 0 Å². The molecule has 94 valence electrons. The van der Waals surface area contributed by atoms with Gasteiger partial charge in [0.25, 0.3) is 0 Å². The maximum atomic E-state index is 13.9. The van der Waals surface area contributed by atoms with E-state index in [1.165, 1.54) is 17.8 Å². The Labute approximate surface area is 109 Å². The highest BCUT2D eigenvalue weighted by Crippen LogP contribution is 2.40. The van der Waals surface area contributed by atoms with E-state index in [1.807, 2.05) is 0 Å². The molecule has 1 aromatic rings. The second kappa shape index (κ2) is 5.33. The highest BCUT2D eigenvalue weighted by molar-refractivity contribution is 8.00. The molecule has 0 bridgehead atoms. The van der Waals surface area contributed by atoms with Crippen molar-refractivity contribution in [1.82, 2.24) is 0 Å². The molecule has 0 atom stereocenters. The minimum absolute atomic E-state index is 0.0474. The Kier molecular flexibility index (Phi) is 4.01. The van der Waals surface area contributed by atoms with Crippen LogP contribution in [0, 0.1) is 5.82 Å². The topological polar surface area (TPSA) is 61.3 Å². The van der Waals surface area contributed by atoms with Gasteiger partial charge >= 0.3 is 0 Å². The van der Waals surface area contributed by atoms with E-state index >= 15 is 0 Å². The van der Waals surface area contributed by atoms with Crippen LogP contribution >= 0.6 is 23.4 Å². The molecule has 1 aromatic carbocycles. The predicted molar refractivity (Wildman–Crippen MR) is 69.9 cm³/mol. The van der Waals surface area contributed by atoms with Crippen molar-refractivity contribution in [2.45, 2.75) is 23.0 Å². The number of thioether (sulfide) groups is 1. The van der Waals surface area contributed by atoms with Gasteiger partial charge in [0, 0.05) is 18.5 Å². The zero-order valence-electron chi connectivity index (χ0n) is 9.21. The van der Waals surface area contributed by atoms with Crippen LogP contribution in [0.5, 0.6) is 0 Å². The fourth-order valence-corrected chi connectivity index (χ4v) is 3.10. The van der Waals surface area contributed by atoms with Crippen molar-refractivity contribution >= 4 is 34.7 Å². The van der Waals surface area contributed by atoms with Gasteiger partial charge in [-0.3, -0.25) is 0 Å². The second-order valence-corrected chi connectivity index (χ2v) is 5.63. The third-order valence-corrected chi connectivity index (χ3v) is 4.51. The second-order valence-electron chi connectivity index (χ2n) is 3.94. The lowest BCUT2D eigenvalue weighted by Crippen LogP contribution is -2.17. The van der Waals surface area contributed by atoms with Gasteiger partial charge in [-0.05, 0) is 18.9 Å². The average Bonchev–Trinajstić information content (AvgIpc) is 2.33. The Morgan fingerprint density at radius 3 is 2.59 bits per heavy atom. The van der Waals surface area contributed by atoms with Crippen molar-refractivity contribution in [2.75, 3.05) is 24.7 Å². The fourth-order valence-electron chi connectivity index (χ4n) is 1.73. The van der Waals surface area contributed by atoms with E-state index in [9.17, 15) is 4.39 Å². The maximum Gasteiger partial charge on any atom is 0.159 e. The molecule has 1 fully saturated rings. The predicted octanol–water partition coefficient (Wildman–Crippen LogP) is 2.91. The number of anilines is 2. The molecule has 0 aliphatic carbocycles. The minimum atomic E-state index is -0.513.